The van der Waals surface area contributed by atoms with Gasteiger partial charge < -0.3 is 10.4 Å². The van der Waals surface area contributed by atoms with Gasteiger partial charge in [-0.1, -0.05) is 17.7 Å². The molecule has 0 aliphatic rings. The van der Waals surface area contributed by atoms with E-state index in [1.807, 2.05) is 0 Å². The van der Waals surface area contributed by atoms with Gasteiger partial charge in [-0.05, 0) is 46.6 Å². The summed E-state index contributed by atoms with van der Waals surface area (Å²) in [5, 5.41) is 11.7. The quantitative estimate of drug-likeness (QED) is 0.808. The number of carboxylic acids is 1. The zero-order valence-corrected chi connectivity index (χ0v) is 13.2. The van der Waals surface area contributed by atoms with Crippen LogP contribution in [0.3, 0.4) is 0 Å². The van der Waals surface area contributed by atoms with Crippen molar-refractivity contribution in [2.45, 2.75) is 6.92 Å². The molecule has 0 aliphatic carbocycles. The number of hydrogen-bond donors (Lipinski definition) is 2. The van der Waals surface area contributed by atoms with Crippen molar-refractivity contribution in [3.63, 3.8) is 0 Å². The van der Waals surface area contributed by atoms with Crippen LogP contribution in [-0.4, -0.2) is 22.0 Å². The van der Waals surface area contributed by atoms with Crippen molar-refractivity contribution in [3.05, 3.63) is 56.8 Å². The second-order valence-corrected chi connectivity index (χ2v) is 5.55. The van der Waals surface area contributed by atoms with Gasteiger partial charge in [0.05, 0.1) is 11.1 Å². The number of amides is 1. The first kappa shape index (κ1) is 15.5. The number of aromatic nitrogens is 1. The Balaban J connectivity index is 2.33. The highest BCUT2D eigenvalue weighted by molar-refractivity contribution is 9.10. The van der Waals surface area contributed by atoms with Gasteiger partial charge in [-0.15, -0.1) is 0 Å². The molecule has 5 nitrogen and oxygen atoms in total. The summed E-state index contributed by atoms with van der Waals surface area (Å²) in [6.45, 7) is 1.77. The Hall–Kier alpha value is -1.92. The molecule has 2 N–H and O–H groups in total. The van der Waals surface area contributed by atoms with E-state index in [2.05, 4.69) is 26.2 Å². The molecule has 0 saturated carbocycles. The lowest BCUT2D eigenvalue weighted by atomic mass is 10.1. The standard InChI is InChI=1S/C14H10BrClN2O3/c1-7-2-3-8(14(20)21)4-11(7)18-13(19)10-5-9(15)6-17-12(10)16/h2-6H,1H3,(H,18,19)(H,20,21). The number of nitrogens with one attached hydrogen (secondary N) is 1. The molecule has 0 unspecified atom stereocenters. The summed E-state index contributed by atoms with van der Waals surface area (Å²) in [7, 11) is 0. The number of nitrogens with zero attached hydrogens (tertiary/aromatic N) is 1. The average molecular weight is 370 g/mol. The molecule has 108 valence electrons. The molecule has 1 aromatic heterocycles. The van der Waals surface area contributed by atoms with Crippen LogP contribution in [-0.2, 0) is 0 Å². The number of aryl methyl sites for hydroxylation is 1. The maximum absolute atomic E-state index is 12.2. The average Bonchev–Trinajstić information content (AvgIpc) is 2.43. The number of hydrogen-bond acceptors (Lipinski definition) is 3. The minimum Gasteiger partial charge on any atom is -0.478 e. The summed E-state index contributed by atoms with van der Waals surface area (Å²) in [5.74, 6) is -1.52. The van der Waals surface area contributed by atoms with Crippen molar-refractivity contribution in [2.24, 2.45) is 0 Å². The van der Waals surface area contributed by atoms with E-state index in [9.17, 15) is 9.59 Å². The lowest BCUT2D eigenvalue weighted by molar-refractivity contribution is 0.0696. The molecule has 0 fully saturated rings. The molecule has 1 aromatic carbocycles. The van der Waals surface area contributed by atoms with Crippen molar-refractivity contribution < 1.29 is 14.7 Å². The van der Waals surface area contributed by atoms with Gasteiger partial charge in [-0.25, -0.2) is 9.78 Å². The van der Waals surface area contributed by atoms with Crippen molar-refractivity contribution in [1.82, 2.24) is 4.98 Å². The number of pyridine rings is 1. The molecule has 21 heavy (non-hydrogen) atoms. The first-order valence-electron chi connectivity index (χ1n) is 5.85. The van der Waals surface area contributed by atoms with E-state index in [1.54, 1.807) is 19.1 Å². The number of halogens is 2. The SMILES string of the molecule is Cc1ccc(C(=O)O)cc1NC(=O)c1cc(Br)cnc1Cl. The fourth-order valence-corrected chi connectivity index (χ4v) is 2.18. The maximum atomic E-state index is 12.2. The van der Waals surface area contributed by atoms with Crippen LogP contribution in [0.15, 0.2) is 34.9 Å². The van der Waals surface area contributed by atoms with Crippen molar-refractivity contribution >= 4 is 45.1 Å². The molecule has 0 atom stereocenters. The molecular formula is C14H10BrClN2O3. The predicted octanol–water partition coefficient (Wildman–Crippen LogP) is 3.76. The van der Waals surface area contributed by atoms with Gasteiger partial charge in [0.25, 0.3) is 5.91 Å². The van der Waals surface area contributed by atoms with E-state index < -0.39 is 11.9 Å². The number of anilines is 1. The van der Waals surface area contributed by atoms with E-state index in [1.165, 1.54) is 18.3 Å². The molecule has 0 bridgehead atoms. The normalized spacial score (nSPS) is 10.2. The second-order valence-electron chi connectivity index (χ2n) is 4.28. The summed E-state index contributed by atoms with van der Waals surface area (Å²) in [4.78, 5) is 27.1. The summed E-state index contributed by atoms with van der Waals surface area (Å²) >= 11 is 9.11. The zero-order valence-electron chi connectivity index (χ0n) is 10.9. The maximum Gasteiger partial charge on any atom is 0.335 e. The van der Waals surface area contributed by atoms with Gasteiger partial charge in [0.1, 0.15) is 5.15 Å². The smallest absolute Gasteiger partial charge is 0.335 e. The molecule has 2 rings (SSSR count). The lowest BCUT2D eigenvalue weighted by Crippen LogP contribution is -2.14. The predicted molar refractivity (Wildman–Crippen MR) is 83.0 cm³/mol. The minimum absolute atomic E-state index is 0.0720. The van der Waals surface area contributed by atoms with Crippen molar-refractivity contribution in [3.8, 4) is 0 Å². The van der Waals surface area contributed by atoms with Crippen LogP contribution in [0, 0.1) is 6.92 Å². The molecule has 0 aliphatic heterocycles. The van der Waals surface area contributed by atoms with Gasteiger partial charge in [-0.3, -0.25) is 4.79 Å². The third kappa shape index (κ3) is 3.59. The molecule has 1 heterocycles. The second kappa shape index (κ2) is 6.24. The Morgan fingerprint density at radius 3 is 2.71 bits per heavy atom. The van der Waals surface area contributed by atoms with E-state index >= 15 is 0 Å². The highest BCUT2D eigenvalue weighted by Crippen LogP contribution is 2.22. The van der Waals surface area contributed by atoms with E-state index in [0.29, 0.717) is 10.2 Å². The van der Waals surface area contributed by atoms with E-state index in [4.69, 9.17) is 16.7 Å². The monoisotopic (exact) mass is 368 g/mol. The van der Waals surface area contributed by atoms with Gasteiger partial charge in [-0.2, -0.15) is 0 Å². The zero-order chi connectivity index (χ0) is 15.6. The molecular weight excluding hydrogens is 360 g/mol. The van der Waals surface area contributed by atoms with Gasteiger partial charge in [0.15, 0.2) is 0 Å². The number of rotatable bonds is 3. The number of carbonyl (C=O) groups is 2. The molecule has 0 saturated heterocycles. The third-order valence-corrected chi connectivity index (χ3v) is 3.52. The summed E-state index contributed by atoms with van der Waals surface area (Å²) < 4.78 is 0.619. The first-order valence-corrected chi connectivity index (χ1v) is 7.02. The molecule has 2 aromatic rings. The van der Waals surface area contributed by atoms with Crippen LogP contribution in [0.5, 0.6) is 0 Å². The molecule has 1 amide bonds. The van der Waals surface area contributed by atoms with Gasteiger partial charge in [0.2, 0.25) is 0 Å². The highest BCUT2D eigenvalue weighted by Gasteiger charge is 2.14. The number of carbonyl (C=O) groups excluding carboxylic acids is 1. The van der Waals surface area contributed by atoms with Crippen LogP contribution in [0.25, 0.3) is 0 Å². The van der Waals surface area contributed by atoms with Gasteiger partial charge in [0, 0.05) is 16.4 Å². The first-order chi connectivity index (χ1) is 9.88. The Kier molecular flexibility index (Phi) is 4.59. The number of carboxylic acid groups (broad SMARTS) is 1. The Labute approximate surface area is 134 Å². The minimum atomic E-state index is -1.06. The van der Waals surface area contributed by atoms with Gasteiger partial charge >= 0.3 is 5.97 Å². The third-order valence-electron chi connectivity index (χ3n) is 2.78. The Morgan fingerprint density at radius 2 is 2.05 bits per heavy atom. The molecule has 7 heteroatoms. The topological polar surface area (TPSA) is 79.3 Å². The lowest BCUT2D eigenvalue weighted by Gasteiger charge is -2.10. The Bertz CT molecular complexity index is 734. The number of aromatic carboxylic acids is 1. The fourth-order valence-electron chi connectivity index (χ4n) is 1.66. The number of benzene rings is 1. The molecule has 0 radical (unpaired) electrons. The molecule has 0 spiro atoms. The van der Waals surface area contributed by atoms with Crippen LogP contribution >= 0.6 is 27.5 Å². The van der Waals surface area contributed by atoms with Crippen LogP contribution < -0.4 is 5.32 Å². The highest BCUT2D eigenvalue weighted by atomic mass is 79.9. The largest absolute Gasteiger partial charge is 0.478 e. The summed E-state index contributed by atoms with van der Waals surface area (Å²) in [5.41, 5.74) is 1.45. The summed E-state index contributed by atoms with van der Waals surface area (Å²) in [6.07, 6.45) is 1.48. The summed E-state index contributed by atoms with van der Waals surface area (Å²) in [6, 6.07) is 6.04. The van der Waals surface area contributed by atoms with Crippen molar-refractivity contribution in [2.75, 3.05) is 5.32 Å². The van der Waals surface area contributed by atoms with Crippen LogP contribution in [0.1, 0.15) is 26.3 Å². The Morgan fingerprint density at radius 1 is 1.33 bits per heavy atom. The van der Waals surface area contributed by atoms with E-state index in [0.717, 1.165) is 5.56 Å². The van der Waals surface area contributed by atoms with Crippen molar-refractivity contribution in [1.29, 1.82) is 0 Å². The van der Waals surface area contributed by atoms with Crippen LogP contribution in [0.4, 0.5) is 5.69 Å². The fraction of sp³-hybridized carbons (Fsp3) is 0.0714. The van der Waals surface area contributed by atoms with Crippen LogP contribution in [0.2, 0.25) is 5.15 Å². The van der Waals surface area contributed by atoms with E-state index in [-0.39, 0.29) is 16.3 Å².